The molecule has 2 atom stereocenters. The molecular weight excluding hydrogens is 206 g/mol. The first kappa shape index (κ1) is 11.0. The predicted octanol–water partition coefficient (Wildman–Crippen LogP) is 1.48. The van der Waals surface area contributed by atoms with E-state index in [2.05, 4.69) is 0 Å². The van der Waals surface area contributed by atoms with Crippen molar-refractivity contribution in [1.82, 2.24) is 0 Å². The molecule has 4 nitrogen and oxygen atoms in total. The summed E-state index contributed by atoms with van der Waals surface area (Å²) < 4.78 is 5.30. The number of hydrogen-bond acceptors (Lipinski definition) is 3. The average Bonchev–Trinajstić information content (AvgIpc) is 2.60. The van der Waals surface area contributed by atoms with E-state index in [1.807, 2.05) is 12.1 Å². The maximum atomic E-state index is 10.6. The standard InChI is InChI=1S/C12H15NO3/c1-7(12(14)15)16-9-3-4-10-8(6-9)2-5-11(10)13/h3-4,6-7,11H,2,5,13H2,1H3,(H,14,15)/t7?,11-/m1/s1. The van der Waals surface area contributed by atoms with E-state index in [4.69, 9.17) is 15.6 Å². The fourth-order valence-corrected chi connectivity index (χ4v) is 1.95. The van der Waals surface area contributed by atoms with Gasteiger partial charge in [-0.2, -0.15) is 0 Å². The van der Waals surface area contributed by atoms with Gasteiger partial charge in [-0.25, -0.2) is 4.79 Å². The van der Waals surface area contributed by atoms with Crippen LogP contribution >= 0.6 is 0 Å². The number of aryl methyl sites for hydroxylation is 1. The largest absolute Gasteiger partial charge is 0.479 e. The van der Waals surface area contributed by atoms with Crippen LogP contribution in [0.3, 0.4) is 0 Å². The van der Waals surface area contributed by atoms with Gasteiger partial charge in [-0.1, -0.05) is 6.07 Å². The lowest BCUT2D eigenvalue weighted by Crippen LogP contribution is -2.22. The van der Waals surface area contributed by atoms with Gasteiger partial charge in [0.05, 0.1) is 0 Å². The van der Waals surface area contributed by atoms with E-state index in [1.54, 1.807) is 6.07 Å². The van der Waals surface area contributed by atoms with Crippen molar-refractivity contribution in [3.8, 4) is 5.75 Å². The van der Waals surface area contributed by atoms with Gasteiger partial charge in [0, 0.05) is 6.04 Å². The third-order valence-electron chi connectivity index (χ3n) is 2.90. The molecule has 0 aromatic heterocycles. The predicted molar refractivity (Wildman–Crippen MR) is 59.4 cm³/mol. The zero-order valence-electron chi connectivity index (χ0n) is 9.14. The molecule has 0 heterocycles. The van der Waals surface area contributed by atoms with Gasteiger partial charge in [-0.05, 0) is 43.0 Å². The van der Waals surface area contributed by atoms with Gasteiger partial charge in [-0.3, -0.25) is 0 Å². The number of carbonyl (C=O) groups is 1. The topological polar surface area (TPSA) is 72.5 Å². The SMILES string of the molecule is CC(Oc1ccc2c(c1)CC[C@H]2N)C(=O)O. The Balaban J connectivity index is 2.16. The first-order valence-electron chi connectivity index (χ1n) is 5.36. The van der Waals surface area contributed by atoms with E-state index in [0.717, 1.165) is 18.4 Å². The summed E-state index contributed by atoms with van der Waals surface area (Å²) >= 11 is 0. The highest BCUT2D eigenvalue weighted by Crippen LogP contribution is 2.32. The summed E-state index contributed by atoms with van der Waals surface area (Å²) in [7, 11) is 0. The molecule has 86 valence electrons. The van der Waals surface area contributed by atoms with Crippen molar-refractivity contribution in [2.45, 2.75) is 31.9 Å². The molecule has 0 radical (unpaired) electrons. The minimum absolute atomic E-state index is 0.112. The monoisotopic (exact) mass is 221 g/mol. The van der Waals surface area contributed by atoms with Crippen LogP contribution in [0.15, 0.2) is 18.2 Å². The highest BCUT2D eigenvalue weighted by atomic mass is 16.5. The van der Waals surface area contributed by atoms with Crippen LogP contribution < -0.4 is 10.5 Å². The van der Waals surface area contributed by atoms with Crippen molar-refractivity contribution in [2.24, 2.45) is 5.73 Å². The summed E-state index contributed by atoms with van der Waals surface area (Å²) in [5.74, 6) is -0.361. The van der Waals surface area contributed by atoms with Crippen molar-refractivity contribution in [2.75, 3.05) is 0 Å². The van der Waals surface area contributed by atoms with Crippen LogP contribution in [0.4, 0.5) is 0 Å². The smallest absolute Gasteiger partial charge is 0.344 e. The Bertz CT molecular complexity index is 417. The van der Waals surface area contributed by atoms with Crippen LogP contribution in [0, 0.1) is 0 Å². The molecular formula is C12H15NO3. The Morgan fingerprint density at radius 2 is 2.38 bits per heavy atom. The number of rotatable bonds is 3. The highest BCUT2D eigenvalue weighted by molar-refractivity contribution is 5.72. The zero-order valence-corrected chi connectivity index (χ0v) is 9.14. The second kappa shape index (κ2) is 4.14. The maximum absolute atomic E-state index is 10.6. The molecule has 4 heteroatoms. The Morgan fingerprint density at radius 1 is 1.62 bits per heavy atom. The van der Waals surface area contributed by atoms with E-state index in [0.29, 0.717) is 5.75 Å². The van der Waals surface area contributed by atoms with Gasteiger partial charge in [0.25, 0.3) is 0 Å². The fraction of sp³-hybridized carbons (Fsp3) is 0.417. The van der Waals surface area contributed by atoms with Gasteiger partial charge in [0.15, 0.2) is 6.10 Å². The summed E-state index contributed by atoms with van der Waals surface area (Å²) in [5.41, 5.74) is 8.23. The van der Waals surface area contributed by atoms with Crippen LogP contribution in [0.2, 0.25) is 0 Å². The second-order valence-corrected chi connectivity index (χ2v) is 4.10. The first-order chi connectivity index (χ1) is 7.58. The number of carboxylic acid groups (broad SMARTS) is 1. The molecule has 2 rings (SSSR count). The van der Waals surface area contributed by atoms with Crippen molar-refractivity contribution in [3.05, 3.63) is 29.3 Å². The van der Waals surface area contributed by atoms with Crippen molar-refractivity contribution in [1.29, 1.82) is 0 Å². The third kappa shape index (κ3) is 2.02. The van der Waals surface area contributed by atoms with Gasteiger partial charge >= 0.3 is 5.97 Å². The molecule has 1 aromatic rings. The normalized spacial score (nSPS) is 20.2. The maximum Gasteiger partial charge on any atom is 0.344 e. The van der Waals surface area contributed by atoms with Gasteiger partial charge in [0.1, 0.15) is 5.75 Å². The number of benzene rings is 1. The van der Waals surface area contributed by atoms with Crippen LogP contribution in [-0.4, -0.2) is 17.2 Å². The van der Waals surface area contributed by atoms with Crippen LogP contribution in [0.5, 0.6) is 5.75 Å². The molecule has 0 bridgehead atoms. The van der Waals surface area contributed by atoms with E-state index >= 15 is 0 Å². The number of hydrogen-bond donors (Lipinski definition) is 2. The molecule has 1 unspecified atom stereocenters. The Kier molecular flexibility index (Phi) is 2.83. The van der Waals surface area contributed by atoms with E-state index < -0.39 is 12.1 Å². The molecule has 0 aliphatic heterocycles. The Morgan fingerprint density at radius 3 is 3.06 bits per heavy atom. The molecule has 1 aromatic carbocycles. The number of carboxylic acids is 1. The molecule has 0 saturated heterocycles. The summed E-state index contributed by atoms with van der Waals surface area (Å²) in [4.78, 5) is 10.6. The number of fused-ring (bicyclic) bond motifs is 1. The average molecular weight is 221 g/mol. The molecule has 0 spiro atoms. The van der Waals surface area contributed by atoms with E-state index in [9.17, 15) is 4.79 Å². The molecule has 1 aliphatic carbocycles. The summed E-state index contributed by atoms with van der Waals surface area (Å²) in [6, 6.07) is 5.71. The minimum Gasteiger partial charge on any atom is -0.479 e. The lowest BCUT2D eigenvalue weighted by atomic mass is 10.1. The number of ether oxygens (including phenoxy) is 1. The summed E-state index contributed by atoms with van der Waals surface area (Å²) in [6.07, 6.45) is 1.07. The minimum atomic E-state index is -0.961. The fourth-order valence-electron chi connectivity index (χ4n) is 1.95. The summed E-state index contributed by atoms with van der Waals surface area (Å²) in [5, 5.41) is 8.73. The van der Waals surface area contributed by atoms with Crippen LogP contribution in [0.1, 0.15) is 30.5 Å². The lowest BCUT2D eigenvalue weighted by Gasteiger charge is -2.12. The van der Waals surface area contributed by atoms with Gasteiger partial charge in [0.2, 0.25) is 0 Å². The highest BCUT2D eigenvalue weighted by Gasteiger charge is 2.20. The third-order valence-corrected chi connectivity index (χ3v) is 2.90. The molecule has 1 aliphatic rings. The zero-order chi connectivity index (χ0) is 11.7. The molecule has 0 fully saturated rings. The van der Waals surface area contributed by atoms with Crippen molar-refractivity contribution in [3.63, 3.8) is 0 Å². The van der Waals surface area contributed by atoms with E-state index in [1.165, 1.54) is 12.5 Å². The molecule has 0 saturated carbocycles. The Hall–Kier alpha value is -1.55. The van der Waals surface area contributed by atoms with Crippen LogP contribution in [-0.2, 0) is 11.2 Å². The quantitative estimate of drug-likeness (QED) is 0.811. The summed E-state index contributed by atoms with van der Waals surface area (Å²) in [6.45, 7) is 1.52. The van der Waals surface area contributed by atoms with Gasteiger partial charge < -0.3 is 15.6 Å². The van der Waals surface area contributed by atoms with Gasteiger partial charge in [-0.15, -0.1) is 0 Å². The number of aliphatic carboxylic acids is 1. The van der Waals surface area contributed by atoms with Crippen molar-refractivity contribution >= 4 is 5.97 Å². The first-order valence-corrected chi connectivity index (χ1v) is 5.36. The lowest BCUT2D eigenvalue weighted by molar-refractivity contribution is -0.144. The molecule has 3 N–H and O–H groups in total. The van der Waals surface area contributed by atoms with E-state index in [-0.39, 0.29) is 6.04 Å². The molecule has 0 amide bonds. The van der Waals surface area contributed by atoms with Crippen molar-refractivity contribution < 1.29 is 14.6 Å². The second-order valence-electron chi connectivity index (χ2n) is 4.10. The van der Waals surface area contributed by atoms with Crippen LogP contribution in [0.25, 0.3) is 0 Å². The number of nitrogens with two attached hydrogens (primary N) is 1. The molecule has 16 heavy (non-hydrogen) atoms. The Labute approximate surface area is 94.0 Å².